The van der Waals surface area contributed by atoms with Gasteiger partial charge in [0.25, 0.3) is 0 Å². The first-order valence-corrected chi connectivity index (χ1v) is 11.1. The zero-order chi connectivity index (χ0) is 18.7. The number of hydrogen-bond acceptors (Lipinski definition) is 4. The number of sulfonamides is 1. The second-order valence-electron chi connectivity index (χ2n) is 6.68. The van der Waals surface area contributed by atoms with E-state index in [0.29, 0.717) is 5.56 Å². The Morgan fingerprint density at radius 1 is 1.31 bits per heavy atom. The monoisotopic (exact) mass is 392 g/mol. The average Bonchev–Trinajstić information content (AvgIpc) is 3.25. The Bertz CT molecular complexity index is 876. The van der Waals surface area contributed by atoms with Gasteiger partial charge in [-0.3, -0.25) is 4.79 Å². The Morgan fingerprint density at radius 3 is 2.81 bits per heavy atom. The summed E-state index contributed by atoms with van der Waals surface area (Å²) in [7, 11) is -3.60. The van der Waals surface area contributed by atoms with Crippen LogP contribution < -0.4 is 4.72 Å². The molecule has 0 aliphatic carbocycles. The highest BCUT2D eigenvalue weighted by Crippen LogP contribution is 2.34. The summed E-state index contributed by atoms with van der Waals surface area (Å²) in [6.45, 7) is 4.56. The molecular formula is C19H24N2O3S2. The van der Waals surface area contributed by atoms with Crippen molar-refractivity contribution in [1.29, 1.82) is 0 Å². The van der Waals surface area contributed by atoms with E-state index in [9.17, 15) is 13.2 Å². The summed E-state index contributed by atoms with van der Waals surface area (Å²) in [5, 5.41) is 2.02. The minimum atomic E-state index is -3.60. The second kappa shape index (κ2) is 7.90. The van der Waals surface area contributed by atoms with Crippen LogP contribution in [0.4, 0.5) is 0 Å². The Morgan fingerprint density at radius 2 is 2.12 bits per heavy atom. The molecule has 1 fully saturated rings. The largest absolute Gasteiger partial charge is 0.335 e. The number of thiophene rings is 1. The van der Waals surface area contributed by atoms with Crippen molar-refractivity contribution in [2.45, 2.75) is 44.0 Å². The van der Waals surface area contributed by atoms with Crippen molar-refractivity contribution < 1.29 is 13.2 Å². The van der Waals surface area contributed by atoms with Crippen molar-refractivity contribution in [3.8, 4) is 0 Å². The van der Waals surface area contributed by atoms with Gasteiger partial charge in [-0.2, -0.15) is 0 Å². The van der Waals surface area contributed by atoms with Gasteiger partial charge in [0, 0.05) is 24.4 Å². The number of rotatable bonds is 6. The zero-order valence-electron chi connectivity index (χ0n) is 15.1. The lowest BCUT2D eigenvalue weighted by molar-refractivity contribution is -0.131. The fourth-order valence-electron chi connectivity index (χ4n) is 3.46. The number of nitrogens with one attached hydrogen (secondary N) is 1. The molecule has 1 atom stereocenters. The Hall–Kier alpha value is -1.70. The lowest BCUT2D eigenvalue weighted by Crippen LogP contribution is -2.34. The second-order valence-corrected chi connectivity index (χ2v) is 9.39. The fourth-order valence-corrected chi connectivity index (χ4v) is 5.59. The maximum absolute atomic E-state index is 12.6. The quantitative estimate of drug-likeness (QED) is 0.819. The number of nitrogens with zero attached hydrogens (tertiary/aromatic N) is 1. The van der Waals surface area contributed by atoms with Gasteiger partial charge in [0.1, 0.15) is 0 Å². The van der Waals surface area contributed by atoms with E-state index >= 15 is 0 Å². The van der Waals surface area contributed by atoms with Gasteiger partial charge in [-0.05, 0) is 49.8 Å². The minimum absolute atomic E-state index is 0.00391. The minimum Gasteiger partial charge on any atom is -0.335 e. The van der Waals surface area contributed by atoms with Crippen LogP contribution in [0.2, 0.25) is 0 Å². The third kappa shape index (κ3) is 4.16. The first-order chi connectivity index (χ1) is 12.4. The predicted octanol–water partition coefficient (Wildman–Crippen LogP) is 3.40. The molecule has 2 aromatic rings. The molecule has 1 aromatic carbocycles. The molecule has 3 rings (SSSR count). The highest BCUT2D eigenvalue weighted by Gasteiger charge is 2.30. The Balaban J connectivity index is 1.59. The van der Waals surface area contributed by atoms with Crippen molar-refractivity contribution in [2.24, 2.45) is 0 Å². The van der Waals surface area contributed by atoms with Crippen molar-refractivity contribution in [3.05, 3.63) is 51.7 Å². The first kappa shape index (κ1) is 19.1. The molecule has 1 aliphatic heterocycles. The molecule has 1 unspecified atom stereocenters. The number of amides is 1. The molecular weight excluding hydrogens is 368 g/mol. The van der Waals surface area contributed by atoms with E-state index in [4.69, 9.17) is 0 Å². The van der Waals surface area contributed by atoms with Gasteiger partial charge < -0.3 is 4.90 Å². The summed E-state index contributed by atoms with van der Waals surface area (Å²) in [4.78, 5) is 15.9. The van der Waals surface area contributed by atoms with Crippen molar-refractivity contribution in [3.63, 3.8) is 0 Å². The van der Waals surface area contributed by atoms with Crippen LogP contribution in [-0.2, 0) is 14.8 Å². The molecule has 0 bridgehead atoms. The molecule has 1 saturated heterocycles. The van der Waals surface area contributed by atoms with Crippen molar-refractivity contribution in [1.82, 2.24) is 9.62 Å². The van der Waals surface area contributed by atoms with Crippen molar-refractivity contribution >= 4 is 27.3 Å². The molecule has 0 spiro atoms. The molecule has 0 radical (unpaired) electrons. The van der Waals surface area contributed by atoms with Crippen LogP contribution in [-0.4, -0.2) is 32.3 Å². The standard InChI is InChI=1S/C19H24N2O3S2/c1-14-7-8-18(15(2)13-14)26(23,24)20-10-9-19(22)21-11-3-5-16(21)17-6-4-12-25-17/h4,6-8,12-13,16,20H,3,5,9-11H2,1-2H3. The molecule has 0 saturated carbocycles. The van der Waals surface area contributed by atoms with Crippen LogP contribution in [0, 0.1) is 13.8 Å². The molecule has 1 N–H and O–H groups in total. The third-order valence-electron chi connectivity index (χ3n) is 4.70. The van der Waals surface area contributed by atoms with E-state index in [1.54, 1.807) is 30.4 Å². The molecule has 140 valence electrons. The molecule has 7 heteroatoms. The Kier molecular flexibility index (Phi) is 5.79. The summed E-state index contributed by atoms with van der Waals surface area (Å²) in [6.07, 6.45) is 2.13. The number of likely N-dealkylation sites (tertiary alicyclic amines) is 1. The van der Waals surface area contributed by atoms with Crippen LogP contribution in [0.25, 0.3) is 0 Å². The molecule has 2 heterocycles. The molecule has 1 aromatic heterocycles. The topological polar surface area (TPSA) is 66.5 Å². The third-order valence-corrected chi connectivity index (χ3v) is 7.29. The summed E-state index contributed by atoms with van der Waals surface area (Å²) >= 11 is 1.66. The molecule has 1 amide bonds. The van der Waals surface area contributed by atoms with Crippen LogP contribution in [0.3, 0.4) is 0 Å². The van der Waals surface area contributed by atoms with Crippen molar-refractivity contribution in [2.75, 3.05) is 13.1 Å². The number of carbonyl (C=O) groups excluding carboxylic acids is 1. The van der Waals surface area contributed by atoms with E-state index in [0.717, 1.165) is 24.9 Å². The molecule has 26 heavy (non-hydrogen) atoms. The lowest BCUT2D eigenvalue weighted by atomic mass is 10.2. The highest BCUT2D eigenvalue weighted by atomic mass is 32.2. The summed E-state index contributed by atoms with van der Waals surface area (Å²) in [5.41, 5.74) is 1.73. The van der Waals surface area contributed by atoms with E-state index in [2.05, 4.69) is 10.8 Å². The van der Waals surface area contributed by atoms with Crippen LogP contribution in [0.5, 0.6) is 0 Å². The highest BCUT2D eigenvalue weighted by molar-refractivity contribution is 7.89. The van der Waals surface area contributed by atoms with Gasteiger partial charge in [0.2, 0.25) is 15.9 Å². The SMILES string of the molecule is Cc1ccc(S(=O)(=O)NCCC(=O)N2CCCC2c2cccs2)c(C)c1. The molecule has 5 nitrogen and oxygen atoms in total. The maximum atomic E-state index is 12.6. The number of hydrogen-bond donors (Lipinski definition) is 1. The van der Waals surface area contributed by atoms with Crippen LogP contribution in [0.15, 0.2) is 40.6 Å². The summed E-state index contributed by atoms with van der Waals surface area (Å²) in [6, 6.07) is 9.43. The number of aryl methyl sites for hydroxylation is 2. The Labute approximate surface area is 159 Å². The van der Waals surface area contributed by atoms with Gasteiger partial charge in [-0.25, -0.2) is 13.1 Å². The van der Waals surface area contributed by atoms with Gasteiger partial charge >= 0.3 is 0 Å². The van der Waals surface area contributed by atoms with E-state index < -0.39 is 10.0 Å². The molecule has 1 aliphatic rings. The summed E-state index contributed by atoms with van der Waals surface area (Å²) < 4.78 is 27.5. The average molecular weight is 393 g/mol. The lowest BCUT2D eigenvalue weighted by Gasteiger charge is -2.24. The maximum Gasteiger partial charge on any atom is 0.240 e. The number of benzene rings is 1. The van der Waals surface area contributed by atoms with Crippen LogP contribution in [0.1, 0.15) is 41.3 Å². The van der Waals surface area contributed by atoms with E-state index in [1.807, 2.05) is 29.3 Å². The van der Waals surface area contributed by atoms with Gasteiger partial charge in [0.15, 0.2) is 0 Å². The van der Waals surface area contributed by atoms with Crippen LogP contribution >= 0.6 is 11.3 Å². The van der Waals surface area contributed by atoms with Gasteiger partial charge in [0.05, 0.1) is 10.9 Å². The smallest absolute Gasteiger partial charge is 0.240 e. The van der Waals surface area contributed by atoms with Gasteiger partial charge in [-0.1, -0.05) is 23.8 Å². The normalized spacial score (nSPS) is 17.6. The van der Waals surface area contributed by atoms with Gasteiger partial charge in [-0.15, -0.1) is 11.3 Å². The predicted molar refractivity (Wildman–Crippen MR) is 104 cm³/mol. The zero-order valence-corrected chi connectivity index (χ0v) is 16.7. The van der Waals surface area contributed by atoms with E-state index in [-0.39, 0.29) is 29.8 Å². The number of carbonyl (C=O) groups is 1. The van der Waals surface area contributed by atoms with E-state index in [1.165, 1.54) is 4.88 Å². The fraction of sp³-hybridized carbons (Fsp3) is 0.421. The first-order valence-electron chi connectivity index (χ1n) is 8.78. The summed E-state index contributed by atoms with van der Waals surface area (Å²) in [5.74, 6) is 0.00391.